The van der Waals surface area contributed by atoms with E-state index in [1.54, 1.807) is 7.05 Å². The Hall–Kier alpha value is -2.41. The molecule has 0 unspecified atom stereocenters. The summed E-state index contributed by atoms with van der Waals surface area (Å²) in [4.78, 5) is 34.6. The molecule has 3 amide bonds. The maximum absolute atomic E-state index is 11.7. The van der Waals surface area contributed by atoms with Crippen LogP contribution in [0, 0.1) is 0 Å². The van der Waals surface area contributed by atoms with Crippen molar-refractivity contribution in [1.82, 2.24) is 10.2 Å². The normalized spacial score (nSPS) is 9.95. The molecule has 0 radical (unpaired) electrons. The van der Waals surface area contributed by atoms with E-state index in [-0.39, 0.29) is 0 Å². The number of aliphatic carboxylic acids is 1. The number of rotatable bonds is 7. The highest BCUT2D eigenvalue weighted by molar-refractivity contribution is 5.94. The number of urea groups is 1. The molecule has 0 aliphatic carbocycles. The van der Waals surface area contributed by atoms with Gasteiger partial charge in [0, 0.05) is 13.6 Å². The predicted molar refractivity (Wildman–Crippen MR) is 74.8 cm³/mol. The highest BCUT2D eigenvalue weighted by atomic mass is 16.5. The molecule has 0 fully saturated rings. The summed E-state index contributed by atoms with van der Waals surface area (Å²) in [6.45, 7) is -0.588. The van der Waals surface area contributed by atoms with E-state index in [0.717, 1.165) is 5.56 Å². The number of carbonyl (C=O) groups excluding carboxylic acids is 2. The van der Waals surface area contributed by atoms with E-state index >= 15 is 0 Å². The van der Waals surface area contributed by atoms with Crippen LogP contribution in [0.15, 0.2) is 30.3 Å². The lowest BCUT2D eigenvalue weighted by Crippen LogP contribution is -2.43. The topological polar surface area (TPSA) is 95.9 Å². The number of carboxylic acids is 1. The Morgan fingerprint density at radius 1 is 1.19 bits per heavy atom. The largest absolute Gasteiger partial charge is 0.480 e. The summed E-state index contributed by atoms with van der Waals surface area (Å²) >= 11 is 0. The van der Waals surface area contributed by atoms with Crippen molar-refractivity contribution in [3.63, 3.8) is 0 Å². The number of nitrogens with one attached hydrogen (secondary N) is 1. The third-order valence-corrected chi connectivity index (χ3v) is 2.63. The van der Waals surface area contributed by atoms with Crippen LogP contribution in [0.3, 0.4) is 0 Å². The SMILES string of the molecule is CN(CCc1ccccc1)C(=O)NC(=O)COCC(=O)O. The number of likely N-dealkylation sites (N-methyl/N-ethyl adjacent to an activating group) is 1. The van der Waals surface area contributed by atoms with E-state index < -0.39 is 31.1 Å². The van der Waals surface area contributed by atoms with Crippen molar-refractivity contribution >= 4 is 17.9 Å². The summed E-state index contributed by atoms with van der Waals surface area (Å²) in [5.74, 6) is -1.85. The maximum Gasteiger partial charge on any atom is 0.329 e. The Balaban J connectivity index is 2.27. The van der Waals surface area contributed by atoms with E-state index in [4.69, 9.17) is 5.11 Å². The number of carbonyl (C=O) groups is 3. The van der Waals surface area contributed by atoms with Gasteiger partial charge in [-0.2, -0.15) is 0 Å². The Bertz CT molecular complexity index is 489. The van der Waals surface area contributed by atoms with Crippen molar-refractivity contribution in [2.45, 2.75) is 6.42 Å². The first kappa shape index (κ1) is 16.6. The molecule has 7 nitrogen and oxygen atoms in total. The fourth-order valence-corrected chi connectivity index (χ4v) is 1.52. The van der Waals surface area contributed by atoms with Crippen molar-refractivity contribution in [1.29, 1.82) is 0 Å². The molecule has 0 aliphatic heterocycles. The molecule has 0 aromatic heterocycles. The van der Waals surface area contributed by atoms with E-state index in [9.17, 15) is 14.4 Å². The van der Waals surface area contributed by atoms with Crippen LogP contribution >= 0.6 is 0 Å². The number of nitrogens with zero attached hydrogens (tertiary/aromatic N) is 1. The van der Waals surface area contributed by atoms with E-state index in [2.05, 4.69) is 10.1 Å². The van der Waals surface area contributed by atoms with Crippen LogP contribution in [-0.4, -0.2) is 54.7 Å². The number of benzene rings is 1. The lowest BCUT2D eigenvalue weighted by molar-refractivity contribution is -0.143. The average molecular weight is 294 g/mol. The molecule has 0 saturated heterocycles. The van der Waals surface area contributed by atoms with Crippen LogP contribution in [0.25, 0.3) is 0 Å². The number of amides is 3. The molecular weight excluding hydrogens is 276 g/mol. The molecule has 21 heavy (non-hydrogen) atoms. The van der Waals surface area contributed by atoms with Gasteiger partial charge in [-0.25, -0.2) is 9.59 Å². The average Bonchev–Trinajstić information content (AvgIpc) is 2.45. The van der Waals surface area contributed by atoms with Gasteiger partial charge < -0.3 is 14.7 Å². The summed E-state index contributed by atoms with van der Waals surface area (Å²) in [5.41, 5.74) is 1.09. The summed E-state index contributed by atoms with van der Waals surface area (Å²) in [5, 5.41) is 10.5. The molecule has 0 spiro atoms. The highest BCUT2D eigenvalue weighted by Gasteiger charge is 2.12. The Labute approximate surface area is 122 Å². The van der Waals surface area contributed by atoms with E-state index in [0.29, 0.717) is 13.0 Å². The minimum Gasteiger partial charge on any atom is -0.480 e. The molecule has 0 saturated carbocycles. The molecular formula is C14H18N2O5. The van der Waals surface area contributed by atoms with Crippen LogP contribution in [0.4, 0.5) is 4.79 Å². The second-order valence-electron chi connectivity index (χ2n) is 4.40. The standard InChI is InChI=1S/C14H18N2O5/c1-16(8-7-11-5-3-2-4-6-11)14(20)15-12(17)9-21-10-13(18)19/h2-6H,7-10H2,1H3,(H,18,19)(H,15,17,20). The molecule has 7 heteroatoms. The van der Waals surface area contributed by atoms with Crippen molar-refractivity contribution in [2.24, 2.45) is 0 Å². The highest BCUT2D eigenvalue weighted by Crippen LogP contribution is 2.00. The van der Waals surface area contributed by atoms with Gasteiger partial charge in [-0.15, -0.1) is 0 Å². The van der Waals surface area contributed by atoms with Crippen LogP contribution in [0.5, 0.6) is 0 Å². The van der Waals surface area contributed by atoms with Gasteiger partial charge in [0.2, 0.25) is 0 Å². The first-order chi connectivity index (χ1) is 9.99. The fraction of sp³-hybridized carbons (Fsp3) is 0.357. The van der Waals surface area contributed by atoms with E-state index in [1.807, 2.05) is 30.3 Å². The summed E-state index contributed by atoms with van der Waals surface area (Å²) in [7, 11) is 1.57. The first-order valence-electron chi connectivity index (χ1n) is 6.37. The predicted octanol–water partition coefficient (Wildman–Crippen LogP) is 0.498. The minimum absolute atomic E-state index is 0.457. The maximum atomic E-state index is 11.7. The van der Waals surface area contributed by atoms with Gasteiger partial charge in [0.05, 0.1) is 0 Å². The number of hydrogen-bond acceptors (Lipinski definition) is 4. The van der Waals surface area contributed by atoms with Gasteiger partial charge in [-0.05, 0) is 12.0 Å². The zero-order valence-corrected chi connectivity index (χ0v) is 11.7. The summed E-state index contributed by atoms with van der Waals surface area (Å²) < 4.78 is 4.58. The van der Waals surface area contributed by atoms with Crippen molar-refractivity contribution in [3.8, 4) is 0 Å². The number of hydrogen-bond donors (Lipinski definition) is 2. The van der Waals surface area contributed by atoms with E-state index in [1.165, 1.54) is 4.90 Å². The molecule has 0 atom stereocenters. The third-order valence-electron chi connectivity index (χ3n) is 2.63. The van der Waals surface area contributed by atoms with Gasteiger partial charge >= 0.3 is 12.0 Å². The number of ether oxygens (including phenoxy) is 1. The van der Waals surface area contributed by atoms with Gasteiger partial charge in [-0.1, -0.05) is 30.3 Å². The smallest absolute Gasteiger partial charge is 0.329 e. The third kappa shape index (κ3) is 7.07. The summed E-state index contributed by atoms with van der Waals surface area (Å²) in [6, 6.07) is 9.11. The molecule has 2 N–H and O–H groups in total. The van der Waals surface area contributed by atoms with Gasteiger partial charge in [-0.3, -0.25) is 10.1 Å². The van der Waals surface area contributed by atoms with Gasteiger partial charge in [0.25, 0.3) is 5.91 Å². The zero-order valence-electron chi connectivity index (χ0n) is 11.7. The van der Waals surface area contributed by atoms with Crippen LogP contribution in [0.1, 0.15) is 5.56 Å². The zero-order chi connectivity index (χ0) is 15.7. The number of carboxylic acid groups (broad SMARTS) is 1. The summed E-state index contributed by atoms with van der Waals surface area (Å²) in [6.07, 6.45) is 0.675. The fourth-order valence-electron chi connectivity index (χ4n) is 1.52. The van der Waals surface area contributed by atoms with Gasteiger partial charge in [0.1, 0.15) is 13.2 Å². The lowest BCUT2D eigenvalue weighted by atomic mass is 10.1. The van der Waals surface area contributed by atoms with Crippen molar-refractivity contribution in [3.05, 3.63) is 35.9 Å². The second kappa shape index (κ2) is 8.70. The monoisotopic (exact) mass is 294 g/mol. The Morgan fingerprint density at radius 3 is 2.48 bits per heavy atom. The Kier molecular flexibility index (Phi) is 6.90. The molecule has 0 aliphatic rings. The van der Waals surface area contributed by atoms with Gasteiger partial charge in [0.15, 0.2) is 0 Å². The quantitative estimate of drug-likeness (QED) is 0.763. The van der Waals surface area contributed by atoms with Crippen LogP contribution < -0.4 is 5.32 Å². The Morgan fingerprint density at radius 2 is 1.86 bits per heavy atom. The minimum atomic E-state index is -1.17. The van der Waals surface area contributed by atoms with Crippen LogP contribution in [0.2, 0.25) is 0 Å². The lowest BCUT2D eigenvalue weighted by Gasteiger charge is -2.17. The molecule has 0 heterocycles. The number of imide groups is 1. The molecule has 1 aromatic carbocycles. The molecule has 114 valence electrons. The first-order valence-corrected chi connectivity index (χ1v) is 6.37. The van der Waals surface area contributed by atoms with Crippen molar-refractivity contribution in [2.75, 3.05) is 26.8 Å². The van der Waals surface area contributed by atoms with Crippen LogP contribution in [-0.2, 0) is 20.7 Å². The molecule has 1 aromatic rings. The molecule has 0 bridgehead atoms. The second-order valence-corrected chi connectivity index (χ2v) is 4.40. The molecule has 1 rings (SSSR count). The van der Waals surface area contributed by atoms with Crippen molar-refractivity contribution < 1.29 is 24.2 Å².